The fraction of sp³-hybridized carbons (Fsp3) is 0.571. The van der Waals surface area contributed by atoms with Crippen molar-refractivity contribution in [3.63, 3.8) is 0 Å². The zero-order valence-electron chi connectivity index (χ0n) is 11.6. The van der Waals surface area contributed by atoms with E-state index in [1.165, 1.54) is 6.26 Å². The fourth-order valence-corrected chi connectivity index (χ4v) is 3.55. The summed E-state index contributed by atoms with van der Waals surface area (Å²) >= 11 is 0. The first-order chi connectivity index (χ1) is 9.02. The van der Waals surface area contributed by atoms with E-state index in [-0.39, 0.29) is 0 Å². The van der Waals surface area contributed by atoms with E-state index in [1.807, 2.05) is 12.1 Å². The molecule has 0 unspecified atom stereocenters. The highest BCUT2D eigenvalue weighted by atomic mass is 32.2. The molecule has 1 saturated heterocycles. The highest BCUT2D eigenvalue weighted by Gasteiger charge is 2.22. The largest absolute Gasteiger partial charge is 0.370 e. The summed E-state index contributed by atoms with van der Waals surface area (Å²) in [4.78, 5) is 2.63. The van der Waals surface area contributed by atoms with Crippen LogP contribution in [0.1, 0.15) is 19.8 Å². The number of nitrogens with zero attached hydrogens (tertiary/aromatic N) is 1. The van der Waals surface area contributed by atoms with Crippen LogP contribution in [0.5, 0.6) is 0 Å². The van der Waals surface area contributed by atoms with Crippen molar-refractivity contribution in [2.45, 2.75) is 30.7 Å². The molecule has 106 valence electrons. The zero-order chi connectivity index (χ0) is 13.9. The summed E-state index contributed by atoms with van der Waals surface area (Å²) in [6, 6.07) is 7.85. The average molecular weight is 282 g/mol. The van der Waals surface area contributed by atoms with Gasteiger partial charge in [0.1, 0.15) is 0 Å². The lowest BCUT2D eigenvalue weighted by molar-refractivity contribution is 0.423. The van der Waals surface area contributed by atoms with E-state index in [9.17, 15) is 8.42 Å². The lowest BCUT2D eigenvalue weighted by Crippen LogP contribution is -2.42. The second-order valence-corrected chi connectivity index (χ2v) is 7.04. The van der Waals surface area contributed by atoms with Crippen LogP contribution >= 0.6 is 0 Å². The van der Waals surface area contributed by atoms with Gasteiger partial charge in [0.2, 0.25) is 0 Å². The molecule has 0 saturated carbocycles. The van der Waals surface area contributed by atoms with Gasteiger partial charge in [-0.15, -0.1) is 0 Å². The standard InChI is InChI=1S/C14H22N2O2S/c1-3-15-12-8-10-16(11-9-12)13-6-4-5-7-14(13)19(2,17)18/h4-7,12,15H,3,8-11H2,1-2H3. The molecule has 1 aliphatic rings. The SMILES string of the molecule is CCNC1CCN(c2ccccc2S(C)(=O)=O)CC1. The summed E-state index contributed by atoms with van der Waals surface area (Å²) in [6.07, 6.45) is 3.40. The second kappa shape index (κ2) is 5.92. The van der Waals surface area contributed by atoms with Crippen molar-refractivity contribution >= 4 is 15.5 Å². The molecule has 5 heteroatoms. The molecule has 0 aromatic heterocycles. The van der Waals surface area contributed by atoms with Gasteiger partial charge in [0, 0.05) is 25.4 Å². The van der Waals surface area contributed by atoms with Gasteiger partial charge < -0.3 is 10.2 Å². The molecule has 0 amide bonds. The minimum absolute atomic E-state index is 0.442. The molecular weight excluding hydrogens is 260 g/mol. The van der Waals surface area contributed by atoms with Crippen LogP contribution in [0.15, 0.2) is 29.2 Å². The quantitative estimate of drug-likeness (QED) is 0.912. The molecule has 0 spiro atoms. The van der Waals surface area contributed by atoms with E-state index in [2.05, 4.69) is 17.1 Å². The number of hydrogen-bond acceptors (Lipinski definition) is 4. The van der Waals surface area contributed by atoms with Crippen LogP contribution in [0, 0.1) is 0 Å². The normalized spacial score (nSPS) is 17.7. The number of anilines is 1. The summed E-state index contributed by atoms with van der Waals surface area (Å²) in [5.74, 6) is 0. The van der Waals surface area contributed by atoms with Crippen LogP contribution in [0.2, 0.25) is 0 Å². The van der Waals surface area contributed by atoms with E-state index in [0.717, 1.165) is 38.2 Å². The molecule has 4 nitrogen and oxygen atoms in total. The van der Waals surface area contributed by atoms with Gasteiger partial charge in [-0.05, 0) is 31.5 Å². The van der Waals surface area contributed by atoms with Gasteiger partial charge in [0.25, 0.3) is 0 Å². The van der Waals surface area contributed by atoms with Gasteiger partial charge in [-0.25, -0.2) is 8.42 Å². The van der Waals surface area contributed by atoms with Crippen LogP contribution in [0.3, 0.4) is 0 Å². The summed E-state index contributed by atoms with van der Waals surface area (Å²) in [7, 11) is -3.16. The molecule has 1 aromatic rings. The van der Waals surface area contributed by atoms with Crippen molar-refractivity contribution in [2.75, 3.05) is 30.8 Å². The lowest BCUT2D eigenvalue weighted by Gasteiger charge is -2.34. The van der Waals surface area contributed by atoms with Crippen LogP contribution in [0.4, 0.5) is 5.69 Å². The number of piperidine rings is 1. The third-order valence-electron chi connectivity index (χ3n) is 3.59. The summed E-state index contributed by atoms with van der Waals surface area (Å²) < 4.78 is 23.6. The van der Waals surface area contributed by atoms with E-state index in [0.29, 0.717) is 10.9 Å². The average Bonchev–Trinajstić information content (AvgIpc) is 2.39. The molecule has 2 rings (SSSR count). The third-order valence-corrected chi connectivity index (χ3v) is 4.74. The van der Waals surface area contributed by atoms with E-state index < -0.39 is 9.84 Å². The lowest BCUT2D eigenvalue weighted by atomic mass is 10.0. The van der Waals surface area contributed by atoms with Gasteiger partial charge in [-0.1, -0.05) is 19.1 Å². The predicted molar refractivity (Wildman–Crippen MR) is 78.5 cm³/mol. The fourth-order valence-electron chi connectivity index (χ4n) is 2.65. The summed E-state index contributed by atoms with van der Waals surface area (Å²) in [6.45, 7) is 4.92. The van der Waals surface area contributed by atoms with Crippen LogP contribution in [-0.4, -0.2) is 40.3 Å². The van der Waals surface area contributed by atoms with E-state index >= 15 is 0 Å². The minimum Gasteiger partial charge on any atom is -0.370 e. The number of para-hydroxylation sites is 1. The molecule has 0 atom stereocenters. The number of benzene rings is 1. The Morgan fingerprint density at radius 1 is 1.26 bits per heavy atom. The first kappa shape index (κ1) is 14.3. The molecule has 19 heavy (non-hydrogen) atoms. The van der Waals surface area contributed by atoms with Crippen LogP contribution < -0.4 is 10.2 Å². The smallest absolute Gasteiger partial charge is 0.177 e. The molecule has 1 aliphatic heterocycles. The summed E-state index contributed by atoms with van der Waals surface area (Å²) in [5, 5.41) is 3.46. The second-order valence-electron chi connectivity index (χ2n) is 5.06. The Morgan fingerprint density at radius 3 is 2.47 bits per heavy atom. The molecular formula is C14H22N2O2S. The molecule has 1 fully saturated rings. The van der Waals surface area contributed by atoms with Gasteiger partial charge in [-0.2, -0.15) is 0 Å². The predicted octanol–water partition coefficient (Wildman–Crippen LogP) is 1.67. The number of sulfone groups is 1. The Kier molecular flexibility index (Phi) is 4.47. The van der Waals surface area contributed by atoms with Crippen LogP contribution in [-0.2, 0) is 9.84 Å². The van der Waals surface area contributed by atoms with Crippen molar-refractivity contribution in [1.82, 2.24) is 5.32 Å². The maximum Gasteiger partial charge on any atom is 0.177 e. The Hall–Kier alpha value is -1.07. The van der Waals surface area contributed by atoms with Crippen molar-refractivity contribution in [3.05, 3.63) is 24.3 Å². The Bertz CT molecular complexity index is 520. The molecule has 0 radical (unpaired) electrons. The highest BCUT2D eigenvalue weighted by Crippen LogP contribution is 2.27. The maximum absolute atomic E-state index is 11.8. The third kappa shape index (κ3) is 3.48. The highest BCUT2D eigenvalue weighted by molar-refractivity contribution is 7.90. The first-order valence-electron chi connectivity index (χ1n) is 6.79. The molecule has 1 aromatic carbocycles. The molecule has 1 heterocycles. The van der Waals surface area contributed by atoms with Gasteiger partial charge >= 0.3 is 0 Å². The minimum atomic E-state index is -3.16. The molecule has 0 bridgehead atoms. The number of rotatable bonds is 4. The molecule has 0 aliphatic carbocycles. The Balaban J connectivity index is 2.16. The molecule has 1 N–H and O–H groups in total. The number of hydrogen-bond donors (Lipinski definition) is 1. The summed E-state index contributed by atoms with van der Waals surface area (Å²) in [5.41, 5.74) is 0.847. The monoisotopic (exact) mass is 282 g/mol. The topological polar surface area (TPSA) is 49.4 Å². The van der Waals surface area contributed by atoms with Gasteiger partial charge in [-0.3, -0.25) is 0 Å². The van der Waals surface area contributed by atoms with Crippen molar-refractivity contribution < 1.29 is 8.42 Å². The van der Waals surface area contributed by atoms with E-state index in [1.54, 1.807) is 12.1 Å². The van der Waals surface area contributed by atoms with Gasteiger partial charge in [0.15, 0.2) is 9.84 Å². The Labute approximate surface area is 115 Å². The maximum atomic E-state index is 11.8. The van der Waals surface area contributed by atoms with E-state index in [4.69, 9.17) is 0 Å². The Morgan fingerprint density at radius 2 is 1.89 bits per heavy atom. The van der Waals surface area contributed by atoms with Crippen LogP contribution in [0.25, 0.3) is 0 Å². The van der Waals surface area contributed by atoms with Crippen molar-refractivity contribution in [3.8, 4) is 0 Å². The number of nitrogens with one attached hydrogen (secondary N) is 1. The first-order valence-corrected chi connectivity index (χ1v) is 8.69. The zero-order valence-corrected chi connectivity index (χ0v) is 12.4. The van der Waals surface area contributed by atoms with Crippen molar-refractivity contribution in [1.29, 1.82) is 0 Å². The van der Waals surface area contributed by atoms with Crippen molar-refractivity contribution in [2.24, 2.45) is 0 Å². The van der Waals surface area contributed by atoms with Gasteiger partial charge in [0.05, 0.1) is 10.6 Å².